The molecule has 0 fully saturated rings. The van der Waals surface area contributed by atoms with E-state index in [-0.39, 0.29) is 18.5 Å². The number of ether oxygens (including phenoxy) is 1. The van der Waals surface area contributed by atoms with Crippen LogP contribution in [0.25, 0.3) is 0 Å². The zero-order chi connectivity index (χ0) is 26.9. The zero-order valence-corrected chi connectivity index (χ0v) is 23.0. The number of hydrogen-bond acceptors (Lipinski definition) is 5. The topological polar surface area (TPSA) is 96.0 Å². The molecule has 1 N–H and O–H groups in total. The van der Waals surface area contributed by atoms with Crippen LogP contribution in [0.15, 0.2) is 48.5 Å². The monoisotopic (exact) mass is 517 g/mol. The standard InChI is InChI=1S/C27H39N3O5S/c1-7-20(4)28-27(32)25(9-3)29(18-22-11-10-12-24(17-22)35-5)26(31)19-30(36(6,33)34)23-15-13-21(8-2)14-16-23/h10-17,20,25H,7-9,18-19H2,1-6H3,(H,28,32)/t20-,25+/m0/s1. The van der Waals surface area contributed by atoms with Gasteiger partial charge in [-0.25, -0.2) is 8.42 Å². The Morgan fingerprint density at radius 2 is 1.67 bits per heavy atom. The van der Waals surface area contributed by atoms with Gasteiger partial charge >= 0.3 is 0 Å². The van der Waals surface area contributed by atoms with Gasteiger partial charge in [-0.1, -0.05) is 45.0 Å². The predicted octanol–water partition coefficient (Wildman–Crippen LogP) is 3.75. The van der Waals surface area contributed by atoms with Gasteiger partial charge in [-0.15, -0.1) is 0 Å². The molecular weight excluding hydrogens is 478 g/mol. The van der Waals surface area contributed by atoms with Gasteiger partial charge in [0.05, 0.1) is 19.1 Å². The molecule has 2 aromatic carbocycles. The Hall–Kier alpha value is -3.07. The van der Waals surface area contributed by atoms with Gasteiger partial charge in [0.15, 0.2) is 0 Å². The molecule has 2 aromatic rings. The fourth-order valence-electron chi connectivity index (χ4n) is 3.84. The van der Waals surface area contributed by atoms with E-state index in [0.717, 1.165) is 34.5 Å². The summed E-state index contributed by atoms with van der Waals surface area (Å²) in [6.07, 6.45) is 3.02. The summed E-state index contributed by atoms with van der Waals surface area (Å²) in [5.74, 6) is -0.0963. The normalized spacial score (nSPS) is 12.9. The number of nitrogens with zero attached hydrogens (tertiary/aromatic N) is 2. The Morgan fingerprint density at radius 3 is 2.19 bits per heavy atom. The smallest absolute Gasteiger partial charge is 0.244 e. The molecular formula is C27H39N3O5S. The third-order valence-electron chi connectivity index (χ3n) is 6.19. The van der Waals surface area contributed by atoms with Gasteiger partial charge in [-0.2, -0.15) is 0 Å². The van der Waals surface area contributed by atoms with Crippen LogP contribution in [0.2, 0.25) is 0 Å². The van der Waals surface area contributed by atoms with Crippen molar-refractivity contribution in [3.63, 3.8) is 0 Å². The van der Waals surface area contributed by atoms with Crippen LogP contribution in [0, 0.1) is 0 Å². The molecule has 2 amide bonds. The van der Waals surface area contributed by atoms with Crippen molar-refractivity contribution in [2.45, 2.75) is 65.6 Å². The number of benzene rings is 2. The summed E-state index contributed by atoms with van der Waals surface area (Å²) in [7, 11) is -2.20. The van der Waals surface area contributed by atoms with E-state index in [9.17, 15) is 18.0 Å². The number of anilines is 1. The number of hydrogen-bond donors (Lipinski definition) is 1. The Labute approximate surface area is 215 Å². The molecule has 198 valence electrons. The van der Waals surface area contributed by atoms with Crippen LogP contribution in [-0.2, 0) is 32.6 Å². The molecule has 0 radical (unpaired) electrons. The Bertz CT molecular complexity index is 1120. The summed E-state index contributed by atoms with van der Waals surface area (Å²) >= 11 is 0. The fraction of sp³-hybridized carbons (Fsp3) is 0.481. The summed E-state index contributed by atoms with van der Waals surface area (Å²) in [5, 5.41) is 2.96. The van der Waals surface area contributed by atoms with Crippen molar-refractivity contribution >= 4 is 27.5 Å². The number of nitrogens with one attached hydrogen (secondary N) is 1. The fourth-order valence-corrected chi connectivity index (χ4v) is 4.69. The summed E-state index contributed by atoms with van der Waals surface area (Å²) in [6, 6.07) is 13.5. The maximum absolute atomic E-state index is 13.7. The van der Waals surface area contributed by atoms with E-state index < -0.39 is 28.5 Å². The van der Waals surface area contributed by atoms with Crippen LogP contribution in [0.5, 0.6) is 5.75 Å². The Kier molecular flexibility index (Phi) is 10.8. The van der Waals surface area contributed by atoms with Crippen molar-refractivity contribution in [2.75, 3.05) is 24.2 Å². The number of carbonyl (C=O) groups excluding carboxylic acids is 2. The molecule has 0 aliphatic heterocycles. The number of amides is 2. The predicted molar refractivity (Wildman–Crippen MR) is 144 cm³/mol. The summed E-state index contributed by atoms with van der Waals surface area (Å²) in [5.41, 5.74) is 2.24. The second-order valence-electron chi connectivity index (χ2n) is 8.90. The molecule has 0 unspecified atom stereocenters. The summed E-state index contributed by atoms with van der Waals surface area (Å²) in [6.45, 7) is 7.45. The third kappa shape index (κ3) is 7.98. The molecule has 2 rings (SSSR count). The van der Waals surface area contributed by atoms with E-state index in [1.165, 1.54) is 4.90 Å². The van der Waals surface area contributed by atoms with Crippen LogP contribution in [-0.4, -0.2) is 57.1 Å². The first-order valence-electron chi connectivity index (χ1n) is 12.3. The largest absolute Gasteiger partial charge is 0.497 e. The summed E-state index contributed by atoms with van der Waals surface area (Å²) < 4.78 is 31.8. The maximum atomic E-state index is 13.7. The number of sulfonamides is 1. The van der Waals surface area contributed by atoms with Gasteiger partial charge in [-0.05, 0) is 61.6 Å². The van der Waals surface area contributed by atoms with Crippen LogP contribution in [0.3, 0.4) is 0 Å². The van der Waals surface area contributed by atoms with Crippen molar-refractivity contribution in [2.24, 2.45) is 0 Å². The van der Waals surface area contributed by atoms with Crippen LogP contribution < -0.4 is 14.4 Å². The number of aryl methyl sites for hydroxylation is 1. The van der Waals surface area contributed by atoms with Gasteiger partial charge in [0.1, 0.15) is 18.3 Å². The molecule has 0 spiro atoms. The second-order valence-corrected chi connectivity index (χ2v) is 10.8. The lowest BCUT2D eigenvalue weighted by molar-refractivity contribution is -0.140. The van der Waals surface area contributed by atoms with Crippen molar-refractivity contribution in [1.29, 1.82) is 0 Å². The highest BCUT2D eigenvalue weighted by atomic mass is 32.2. The van der Waals surface area contributed by atoms with Gasteiger partial charge in [0, 0.05) is 12.6 Å². The zero-order valence-electron chi connectivity index (χ0n) is 22.2. The second kappa shape index (κ2) is 13.3. The Morgan fingerprint density at radius 1 is 1.00 bits per heavy atom. The molecule has 0 bridgehead atoms. The first-order chi connectivity index (χ1) is 17.0. The number of methoxy groups -OCH3 is 1. The molecule has 2 atom stereocenters. The minimum atomic E-state index is -3.76. The van der Waals surface area contributed by atoms with E-state index in [2.05, 4.69) is 5.32 Å². The maximum Gasteiger partial charge on any atom is 0.244 e. The minimum Gasteiger partial charge on any atom is -0.497 e. The van der Waals surface area contributed by atoms with E-state index >= 15 is 0 Å². The third-order valence-corrected chi connectivity index (χ3v) is 7.33. The molecule has 0 aliphatic rings. The van der Waals surface area contributed by atoms with E-state index in [0.29, 0.717) is 17.9 Å². The highest BCUT2D eigenvalue weighted by Crippen LogP contribution is 2.22. The molecule has 36 heavy (non-hydrogen) atoms. The average molecular weight is 518 g/mol. The molecule has 0 saturated heterocycles. The quantitative estimate of drug-likeness (QED) is 0.437. The van der Waals surface area contributed by atoms with Crippen LogP contribution >= 0.6 is 0 Å². The molecule has 0 aromatic heterocycles. The lowest BCUT2D eigenvalue weighted by Gasteiger charge is -2.33. The van der Waals surface area contributed by atoms with Gasteiger partial charge in [-0.3, -0.25) is 13.9 Å². The van der Waals surface area contributed by atoms with Crippen molar-refractivity contribution in [3.8, 4) is 5.75 Å². The van der Waals surface area contributed by atoms with Gasteiger partial charge in [0.25, 0.3) is 0 Å². The van der Waals surface area contributed by atoms with E-state index in [1.54, 1.807) is 31.4 Å². The SMILES string of the molecule is CCc1ccc(N(CC(=O)N(Cc2cccc(OC)c2)[C@H](CC)C(=O)N[C@@H](C)CC)S(C)(=O)=O)cc1. The van der Waals surface area contributed by atoms with Gasteiger partial charge in [0.2, 0.25) is 21.8 Å². The van der Waals surface area contributed by atoms with Crippen molar-refractivity contribution in [3.05, 3.63) is 59.7 Å². The lowest BCUT2D eigenvalue weighted by Crippen LogP contribution is -2.53. The van der Waals surface area contributed by atoms with Crippen molar-refractivity contribution < 1.29 is 22.7 Å². The first-order valence-corrected chi connectivity index (χ1v) is 14.2. The number of rotatable bonds is 13. The summed E-state index contributed by atoms with van der Waals surface area (Å²) in [4.78, 5) is 28.4. The highest BCUT2D eigenvalue weighted by Gasteiger charge is 2.32. The molecule has 8 nitrogen and oxygen atoms in total. The molecule has 0 saturated carbocycles. The lowest BCUT2D eigenvalue weighted by atomic mass is 10.1. The van der Waals surface area contributed by atoms with E-state index in [1.807, 2.05) is 52.0 Å². The van der Waals surface area contributed by atoms with Crippen molar-refractivity contribution in [1.82, 2.24) is 10.2 Å². The van der Waals surface area contributed by atoms with E-state index in [4.69, 9.17) is 4.74 Å². The van der Waals surface area contributed by atoms with Crippen LogP contribution in [0.4, 0.5) is 5.69 Å². The molecule has 0 aliphatic carbocycles. The molecule has 9 heteroatoms. The minimum absolute atomic E-state index is 0.0510. The highest BCUT2D eigenvalue weighted by molar-refractivity contribution is 7.92. The average Bonchev–Trinajstić information content (AvgIpc) is 2.86. The first kappa shape index (κ1) is 29.2. The van der Waals surface area contributed by atoms with Crippen LogP contribution in [0.1, 0.15) is 51.7 Å². The number of carbonyl (C=O) groups is 2. The Balaban J connectivity index is 2.44. The van der Waals surface area contributed by atoms with Gasteiger partial charge < -0.3 is 15.0 Å². The molecule has 0 heterocycles.